The van der Waals surface area contributed by atoms with Crippen molar-refractivity contribution in [1.29, 1.82) is 0 Å². The molecule has 0 spiro atoms. The van der Waals surface area contributed by atoms with E-state index in [9.17, 15) is 9.90 Å². The zero-order chi connectivity index (χ0) is 11.5. The Labute approximate surface area is 102 Å². The van der Waals surface area contributed by atoms with E-state index >= 15 is 0 Å². The normalized spacial score (nSPS) is 17.8. The molecule has 0 aromatic heterocycles. The van der Waals surface area contributed by atoms with Gasteiger partial charge in [0, 0.05) is 0 Å². The summed E-state index contributed by atoms with van der Waals surface area (Å²) in [6.45, 7) is 0. The van der Waals surface area contributed by atoms with Crippen LogP contribution in [0.4, 0.5) is 0 Å². The van der Waals surface area contributed by atoms with E-state index in [-0.39, 0.29) is 11.7 Å². The van der Waals surface area contributed by atoms with Gasteiger partial charge in [0.25, 0.3) is 5.91 Å². The van der Waals surface area contributed by atoms with Crippen LogP contribution in [0.3, 0.4) is 0 Å². The molecule has 1 aromatic rings. The molecule has 3 nitrogen and oxygen atoms in total. The summed E-state index contributed by atoms with van der Waals surface area (Å²) in [7, 11) is 0. The zero-order valence-electron chi connectivity index (χ0n) is 8.37. The van der Waals surface area contributed by atoms with Gasteiger partial charge in [-0.05, 0) is 18.1 Å². The van der Waals surface area contributed by atoms with Crippen LogP contribution >= 0.6 is 23.4 Å². The van der Waals surface area contributed by atoms with Gasteiger partial charge in [0.15, 0.2) is 0 Å². The number of hydrogen-bond donors (Lipinski definition) is 2. The number of phenolic OH excluding ortho intramolecular Hbond substituents is 1. The monoisotopic (exact) mass is 255 g/mol. The number of benzene rings is 1. The van der Waals surface area contributed by atoms with Crippen LogP contribution in [0, 0.1) is 0 Å². The summed E-state index contributed by atoms with van der Waals surface area (Å²) in [5, 5.41) is 12.5. The third kappa shape index (κ3) is 2.33. The van der Waals surface area contributed by atoms with Gasteiger partial charge >= 0.3 is 0 Å². The minimum atomic E-state index is -0.0405. The minimum absolute atomic E-state index is 0.0405. The smallest absolute Gasteiger partial charge is 0.258 e. The summed E-state index contributed by atoms with van der Waals surface area (Å²) in [6, 6.07) is 5.10. The van der Waals surface area contributed by atoms with Crippen molar-refractivity contribution in [2.75, 3.05) is 5.88 Å². The molecule has 0 radical (unpaired) electrons. The Kier molecular flexibility index (Phi) is 3.41. The van der Waals surface area contributed by atoms with Crippen LogP contribution in [0.1, 0.15) is 5.56 Å². The summed E-state index contributed by atoms with van der Waals surface area (Å²) < 4.78 is 0. The van der Waals surface area contributed by atoms with Gasteiger partial charge < -0.3 is 10.4 Å². The van der Waals surface area contributed by atoms with Gasteiger partial charge in [-0.15, -0.1) is 0 Å². The lowest BCUT2D eigenvalue weighted by molar-refractivity contribution is -0.116. The second-order valence-electron chi connectivity index (χ2n) is 3.32. The van der Waals surface area contributed by atoms with Gasteiger partial charge in [-0.2, -0.15) is 0 Å². The second kappa shape index (κ2) is 4.80. The Morgan fingerprint density at radius 3 is 3.06 bits per heavy atom. The molecule has 1 fully saturated rings. The summed E-state index contributed by atoms with van der Waals surface area (Å²) in [4.78, 5) is 12.0. The fraction of sp³-hybridized carbons (Fsp3) is 0.182. The van der Waals surface area contributed by atoms with Crippen molar-refractivity contribution in [3.63, 3.8) is 0 Å². The number of rotatable bonds is 2. The highest BCUT2D eigenvalue weighted by Gasteiger charge is 2.16. The van der Waals surface area contributed by atoms with Crippen LogP contribution in [0.15, 0.2) is 29.2 Å². The van der Waals surface area contributed by atoms with E-state index < -0.39 is 0 Å². The second-order valence-corrected chi connectivity index (χ2v) is 4.71. The molecular weight excluding hydrogens is 246 g/mol. The standard InChI is InChI=1S/C11H10ClNO2S/c12-10-7(2-1-3-8(10)14)4-5-9-11(15)13-6-16-9/h1-3,5,14H,4,6H2,(H,13,15)/b9-5-. The van der Waals surface area contributed by atoms with Crippen molar-refractivity contribution in [1.82, 2.24) is 5.32 Å². The molecule has 16 heavy (non-hydrogen) atoms. The highest BCUT2D eigenvalue weighted by atomic mass is 35.5. The molecule has 84 valence electrons. The molecule has 1 amide bonds. The predicted octanol–water partition coefficient (Wildman–Crippen LogP) is 2.29. The Bertz CT molecular complexity index is 459. The lowest BCUT2D eigenvalue weighted by atomic mass is 10.1. The zero-order valence-corrected chi connectivity index (χ0v) is 9.94. The molecule has 0 aliphatic carbocycles. The van der Waals surface area contributed by atoms with Crippen LogP contribution in [0.2, 0.25) is 5.02 Å². The van der Waals surface area contributed by atoms with Crippen LogP contribution < -0.4 is 5.32 Å². The van der Waals surface area contributed by atoms with Gasteiger partial charge in [-0.3, -0.25) is 4.79 Å². The van der Waals surface area contributed by atoms with Crippen molar-refractivity contribution in [2.45, 2.75) is 6.42 Å². The summed E-state index contributed by atoms with van der Waals surface area (Å²) in [5.41, 5.74) is 0.814. The highest BCUT2D eigenvalue weighted by Crippen LogP contribution is 2.28. The van der Waals surface area contributed by atoms with Crippen molar-refractivity contribution in [3.05, 3.63) is 39.8 Å². The number of hydrogen-bond acceptors (Lipinski definition) is 3. The SMILES string of the molecule is O=C1NCS/C1=C\Cc1cccc(O)c1Cl. The summed E-state index contributed by atoms with van der Waals surface area (Å²) >= 11 is 7.40. The van der Waals surface area contributed by atoms with E-state index in [1.165, 1.54) is 17.8 Å². The Morgan fingerprint density at radius 1 is 1.56 bits per heavy atom. The fourth-order valence-corrected chi connectivity index (χ4v) is 2.38. The van der Waals surface area contributed by atoms with Crippen molar-refractivity contribution >= 4 is 29.3 Å². The third-order valence-corrected chi connectivity index (χ3v) is 3.64. The highest BCUT2D eigenvalue weighted by molar-refractivity contribution is 8.04. The van der Waals surface area contributed by atoms with Gasteiger partial charge in [0.2, 0.25) is 0 Å². The number of carbonyl (C=O) groups is 1. The van der Waals surface area contributed by atoms with Gasteiger partial charge in [-0.1, -0.05) is 41.6 Å². The van der Waals surface area contributed by atoms with Gasteiger partial charge in [0.1, 0.15) is 5.75 Å². The number of halogens is 1. The van der Waals surface area contributed by atoms with Crippen molar-refractivity contribution in [3.8, 4) is 5.75 Å². The molecule has 1 saturated heterocycles. The fourth-order valence-electron chi connectivity index (χ4n) is 1.41. The average Bonchev–Trinajstić information content (AvgIpc) is 2.67. The van der Waals surface area contributed by atoms with E-state index in [1.54, 1.807) is 6.07 Å². The van der Waals surface area contributed by atoms with Crippen LogP contribution in [0.5, 0.6) is 5.75 Å². The number of thioether (sulfide) groups is 1. The molecule has 0 unspecified atom stereocenters. The number of nitrogens with one attached hydrogen (secondary N) is 1. The molecule has 0 atom stereocenters. The summed E-state index contributed by atoms with van der Waals surface area (Å²) in [5.74, 6) is 0.653. The van der Waals surface area contributed by atoms with E-state index in [2.05, 4.69) is 5.32 Å². The first-order valence-electron chi connectivity index (χ1n) is 4.76. The topological polar surface area (TPSA) is 49.3 Å². The van der Waals surface area contributed by atoms with Crippen LogP contribution in [-0.2, 0) is 11.2 Å². The molecule has 0 bridgehead atoms. The molecule has 1 aromatic carbocycles. The maximum Gasteiger partial charge on any atom is 0.258 e. The first-order chi connectivity index (χ1) is 7.68. The molecule has 1 aliphatic heterocycles. The Morgan fingerprint density at radius 2 is 2.38 bits per heavy atom. The average molecular weight is 256 g/mol. The van der Waals surface area contributed by atoms with Crippen LogP contribution in [0.25, 0.3) is 0 Å². The van der Waals surface area contributed by atoms with Crippen molar-refractivity contribution in [2.24, 2.45) is 0 Å². The molecular formula is C11H10ClNO2S. The predicted molar refractivity (Wildman–Crippen MR) is 65.5 cm³/mol. The Hall–Kier alpha value is -1.13. The maximum atomic E-state index is 11.3. The first kappa shape index (κ1) is 11.4. The van der Waals surface area contributed by atoms with Crippen molar-refractivity contribution < 1.29 is 9.90 Å². The number of phenols is 1. The Balaban J connectivity index is 2.16. The summed E-state index contributed by atoms with van der Waals surface area (Å²) in [6.07, 6.45) is 2.37. The number of allylic oxidation sites excluding steroid dienone is 1. The van der Waals surface area contributed by atoms with E-state index in [4.69, 9.17) is 11.6 Å². The quantitative estimate of drug-likeness (QED) is 0.798. The molecule has 2 N–H and O–H groups in total. The molecule has 2 rings (SSSR count). The number of carbonyl (C=O) groups excluding carboxylic acids is 1. The van der Waals surface area contributed by atoms with Gasteiger partial charge in [-0.25, -0.2) is 0 Å². The third-order valence-electron chi connectivity index (χ3n) is 2.25. The molecule has 1 heterocycles. The molecule has 1 aliphatic rings. The number of aromatic hydroxyl groups is 1. The first-order valence-corrected chi connectivity index (χ1v) is 6.12. The van der Waals surface area contributed by atoms with Crippen LogP contribution in [-0.4, -0.2) is 16.9 Å². The maximum absolute atomic E-state index is 11.3. The molecule has 0 saturated carbocycles. The molecule has 5 heteroatoms. The minimum Gasteiger partial charge on any atom is -0.506 e. The van der Waals surface area contributed by atoms with E-state index in [0.29, 0.717) is 22.2 Å². The lowest BCUT2D eigenvalue weighted by Gasteiger charge is -2.02. The largest absolute Gasteiger partial charge is 0.506 e. The van der Waals surface area contributed by atoms with Gasteiger partial charge in [0.05, 0.1) is 15.8 Å². The lowest BCUT2D eigenvalue weighted by Crippen LogP contribution is -2.14. The van der Waals surface area contributed by atoms with E-state index in [0.717, 1.165) is 5.56 Å². The number of amides is 1. The van der Waals surface area contributed by atoms with E-state index in [1.807, 2.05) is 12.1 Å².